The highest BCUT2D eigenvalue weighted by Crippen LogP contribution is 2.26. The Hall–Kier alpha value is -3.08. The van der Waals surface area contributed by atoms with Crippen LogP contribution in [0.15, 0.2) is 60.8 Å². The van der Waals surface area contributed by atoms with E-state index in [9.17, 15) is 9.59 Å². The van der Waals surface area contributed by atoms with Crippen LogP contribution in [0.2, 0.25) is 0 Å². The van der Waals surface area contributed by atoms with Gasteiger partial charge in [0.1, 0.15) is 0 Å². The third-order valence-electron chi connectivity index (χ3n) is 4.99. The Balaban J connectivity index is 1.45. The molecule has 1 aliphatic rings. The van der Waals surface area contributed by atoms with Crippen LogP contribution in [0, 0.1) is 5.92 Å². The van der Waals surface area contributed by atoms with E-state index in [2.05, 4.69) is 4.98 Å². The topological polar surface area (TPSA) is 56.4 Å². The minimum absolute atomic E-state index is 0.0192. The molecule has 4 rings (SSSR count). The van der Waals surface area contributed by atoms with Crippen LogP contribution in [0.1, 0.15) is 17.3 Å². The molecule has 1 aromatic heterocycles. The number of hydrogen-bond donors (Lipinski definition) is 1. The van der Waals surface area contributed by atoms with Gasteiger partial charge in [-0.15, -0.1) is 0 Å². The van der Waals surface area contributed by atoms with Crippen molar-refractivity contribution in [2.45, 2.75) is 6.92 Å². The van der Waals surface area contributed by atoms with Gasteiger partial charge in [0, 0.05) is 42.4 Å². The molecule has 0 atom stereocenters. The van der Waals surface area contributed by atoms with Gasteiger partial charge in [-0.3, -0.25) is 9.59 Å². The third-order valence-corrected chi connectivity index (χ3v) is 4.99. The first-order valence-corrected chi connectivity index (χ1v) is 8.91. The van der Waals surface area contributed by atoms with Crippen molar-refractivity contribution < 1.29 is 9.59 Å². The van der Waals surface area contributed by atoms with Gasteiger partial charge < -0.3 is 14.8 Å². The number of carbonyl (C=O) groups is 2. The van der Waals surface area contributed by atoms with Gasteiger partial charge in [-0.25, -0.2) is 0 Å². The van der Waals surface area contributed by atoms with E-state index >= 15 is 0 Å². The number of nitrogens with one attached hydrogen (secondary N) is 1. The Morgan fingerprint density at radius 2 is 1.77 bits per heavy atom. The van der Waals surface area contributed by atoms with Gasteiger partial charge in [0.05, 0.1) is 11.5 Å². The summed E-state index contributed by atoms with van der Waals surface area (Å²) in [6, 6.07) is 17.4. The fraction of sp³-hybridized carbons (Fsp3) is 0.238. The molecular formula is C21H21N3O2. The van der Waals surface area contributed by atoms with E-state index in [0.29, 0.717) is 25.2 Å². The lowest BCUT2D eigenvalue weighted by molar-refractivity contribution is -0.126. The van der Waals surface area contributed by atoms with Crippen LogP contribution in [-0.4, -0.2) is 41.3 Å². The number of rotatable bonds is 4. The van der Waals surface area contributed by atoms with E-state index in [1.807, 2.05) is 61.5 Å². The normalized spacial score (nSPS) is 14.3. The lowest BCUT2D eigenvalue weighted by Crippen LogP contribution is -2.56. The van der Waals surface area contributed by atoms with Crippen LogP contribution < -0.4 is 4.90 Å². The molecule has 5 heteroatoms. The van der Waals surface area contributed by atoms with E-state index in [1.54, 1.807) is 16.0 Å². The number of fused-ring (bicyclic) bond motifs is 1. The molecule has 0 bridgehead atoms. The summed E-state index contributed by atoms with van der Waals surface area (Å²) in [7, 11) is 0. The largest absolute Gasteiger partial charge is 0.360 e. The first-order valence-electron chi connectivity index (χ1n) is 8.91. The van der Waals surface area contributed by atoms with E-state index < -0.39 is 0 Å². The number of H-pyrrole nitrogens is 1. The van der Waals surface area contributed by atoms with Crippen LogP contribution in [-0.2, 0) is 4.79 Å². The van der Waals surface area contributed by atoms with E-state index in [4.69, 9.17) is 0 Å². The summed E-state index contributed by atoms with van der Waals surface area (Å²) < 4.78 is 0. The fourth-order valence-electron chi connectivity index (χ4n) is 3.51. The smallest absolute Gasteiger partial charge is 0.256 e. The van der Waals surface area contributed by atoms with Crippen LogP contribution in [0.25, 0.3) is 10.9 Å². The molecule has 0 unspecified atom stereocenters. The highest BCUT2D eigenvalue weighted by Gasteiger charge is 2.38. The number of para-hydroxylation sites is 2. The molecule has 1 N–H and O–H groups in total. The van der Waals surface area contributed by atoms with Gasteiger partial charge in [0.25, 0.3) is 5.91 Å². The van der Waals surface area contributed by atoms with Crippen molar-refractivity contribution in [3.05, 3.63) is 66.4 Å². The second-order valence-corrected chi connectivity index (χ2v) is 6.57. The molecular weight excluding hydrogens is 326 g/mol. The van der Waals surface area contributed by atoms with Crippen molar-refractivity contribution in [2.75, 3.05) is 24.5 Å². The number of carbonyl (C=O) groups excluding carboxylic acids is 2. The van der Waals surface area contributed by atoms with Gasteiger partial charge in [-0.1, -0.05) is 36.4 Å². The molecule has 1 saturated heterocycles. The van der Waals surface area contributed by atoms with Crippen molar-refractivity contribution >= 4 is 28.4 Å². The van der Waals surface area contributed by atoms with Gasteiger partial charge in [-0.05, 0) is 25.1 Å². The second kappa shape index (κ2) is 6.67. The van der Waals surface area contributed by atoms with E-state index in [-0.39, 0.29) is 17.7 Å². The molecule has 0 spiro atoms. The summed E-state index contributed by atoms with van der Waals surface area (Å²) in [6.45, 7) is 3.54. The Labute approximate surface area is 152 Å². The predicted molar refractivity (Wildman–Crippen MR) is 102 cm³/mol. The summed E-state index contributed by atoms with van der Waals surface area (Å²) in [4.78, 5) is 32.2. The molecule has 0 aliphatic carbocycles. The van der Waals surface area contributed by atoms with Gasteiger partial charge in [-0.2, -0.15) is 0 Å². The minimum atomic E-state index is -0.135. The molecule has 0 saturated carbocycles. The highest BCUT2D eigenvalue weighted by atomic mass is 16.2. The first kappa shape index (κ1) is 16.4. The zero-order valence-electron chi connectivity index (χ0n) is 14.7. The summed E-state index contributed by atoms with van der Waals surface area (Å²) in [6.07, 6.45) is 1.75. The molecule has 1 aliphatic heterocycles. The lowest BCUT2D eigenvalue weighted by Gasteiger charge is -2.40. The Morgan fingerprint density at radius 1 is 1.08 bits per heavy atom. The van der Waals surface area contributed by atoms with Crippen molar-refractivity contribution in [1.29, 1.82) is 0 Å². The zero-order chi connectivity index (χ0) is 18.1. The van der Waals surface area contributed by atoms with Crippen LogP contribution in [0.3, 0.4) is 0 Å². The minimum Gasteiger partial charge on any atom is -0.360 e. The number of anilines is 1. The average molecular weight is 347 g/mol. The fourth-order valence-corrected chi connectivity index (χ4v) is 3.51. The molecule has 3 aromatic rings. The Bertz CT molecular complexity index is 942. The highest BCUT2D eigenvalue weighted by molar-refractivity contribution is 6.07. The Morgan fingerprint density at radius 3 is 2.50 bits per heavy atom. The third kappa shape index (κ3) is 2.75. The molecule has 0 radical (unpaired) electrons. The monoisotopic (exact) mass is 347 g/mol. The standard InChI is InChI=1S/C21H21N3O2/c1-2-24(16-8-4-3-5-9-16)20(25)15-13-23(14-15)21(26)18-12-22-19-11-7-6-10-17(18)19/h3-12,15,22H,2,13-14H2,1H3. The molecule has 5 nitrogen and oxygen atoms in total. The first-order chi connectivity index (χ1) is 12.7. The van der Waals surface area contributed by atoms with Gasteiger partial charge in [0.15, 0.2) is 0 Å². The van der Waals surface area contributed by atoms with Crippen molar-refractivity contribution in [2.24, 2.45) is 5.92 Å². The summed E-state index contributed by atoms with van der Waals surface area (Å²) in [5, 5.41) is 0.923. The van der Waals surface area contributed by atoms with Crippen molar-refractivity contribution in [1.82, 2.24) is 9.88 Å². The van der Waals surface area contributed by atoms with Crippen LogP contribution >= 0.6 is 0 Å². The van der Waals surface area contributed by atoms with Crippen molar-refractivity contribution in [3.63, 3.8) is 0 Å². The molecule has 132 valence electrons. The Kier molecular flexibility index (Phi) is 4.21. The molecule has 2 heterocycles. The van der Waals surface area contributed by atoms with Crippen molar-refractivity contribution in [3.8, 4) is 0 Å². The zero-order valence-corrected chi connectivity index (χ0v) is 14.7. The summed E-state index contributed by atoms with van der Waals surface area (Å²) in [5.74, 6) is -0.0692. The summed E-state index contributed by atoms with van der Waals surface area (Å²) in [5.41, 5.74) is 2.52. The number of likely N-dealkylation sites (tertiary alicyclic amines) is 1. The second-order valence-electron chi connectivity index (χ2n) is 6.57. The lowest BCUT2D eigenvalue weighted by atomic mass is 9.96. The molecule has 2 aromatic carbocycles. The number of benzene rings is 2. The van der Waals surface area contributed by atoms with Crippen LogP contribution in [0.5, 0.6) is 0 Å². The SMILES string of the molecule is CCN(C(=O)C1CN(C(=O)c2c[nH]c3ccccc23)C1)c1ccccc1. The number of aromatic nitrogens is 1. The maximum absolute atomic E-state index is 12.8. The number of amides is 2. The average Bonchev–Trinajstić information content (AvgIpc) is 3.06. The number of nitrogens with zero attached hydrogens (tertiary/aromatic N) is 2. The van der Waals surface area contributed by atoms with E-state index in [0.717, 1.165) is 16.6 Å². The number of hydrogen-bond acceptors (Lipinski definition) is 2. The quantitative estimate of drug-likeness (QED) is 0.787. The van der Waals surface area contributed by atoms with Gasteiger partial charge in [0.2, 0.25) is 5.91 Å². The predicted octanol–water partition coefficient (Wildman–Crippen LogP) is 3.29. The number of aromatic amines is 1. The molecule has 26 heavy (non-hydrogen) atoms. The molecule has 2 amide bonds. The maximum atomic E-state index is 12.8. The summed E-state index contributed by atoms with van der Waals surface area (Å²) >= 11 is 0. The maximum Gasteiger partial charge on any atom is 0.256 e. The van der Waals surface area contributed by atoms with E-state index in [1.165, 1.54) is 0 Å². The van der Waals surface area contributed by atoms with Gasteiger partial charge >= 0.3 is 0 Å². The van der Waals surface area contributed by atoms with Crippen LogP contribution in [0.4, 0.5) is 5.69 Å². The molecule has 1 fully saturated rings.